The number of carbonyl (C=O) groups is 1. The maximum atomic E-state index is 12.9. The number of rotatable bonds is 7. The highest BCUT2D eigenvalue weighted by Gasteiger charge is 2.22. The molecule has 2 aromatic carbocycles. The van der Waals surface area contributed by atoms with E-state index in [1.165, 1.54) is 5.56 Å². The first-order valence-electron chi connectivity index (χ1n) is 11.9. The fraction of sp³-hybridized carbons (Fsp3) is 0.231. The predicted molar refractivity (Wildman–Crippen MR) is 135 cm³/mol. The van der Waals surface area contributed by atoms with Crippen LogP contribution in [0.25, 0.3) is 22.0 Å². The third-order valence-corrected chi connectivity index (χ3v) is 6.36. The van der Waals surface area contributed by atoms with E-state index in [9.17, 15) is 4.79 Å². The fourth-order valence-electron chi connectivity index (χ4n) is 4.58. The van der Waals surface area contributed by atoms with Crippen LogP contribution in [0.4, 0.5) is 5.69 Å². The molecule has 1 aliphatic rings. The van der Waals surface area contributed by atoms with Crippen LogP contribution < -0.4 is 5.32 Å². The Kier molecular flexibility index (Phi) is 6.02. The first kappa shape index (κ1) is 22.2. The molecular formula is C26H26N8O2. The Balaban J connectivity index is 1.08. The summed E-state index contributed by atoms with van der Waals surface area (Å²) in [6.07, 6.45) is 7.08. The zero-order valence-electron chi connectivity index (χ0n) is 19.6. The maximum absolute atomic E-state index is 12.9. The van der Waals surface area contributed by atoms with Gasteiger partial charge in [0.25, 0.3) is 5.91 Å². The van der Waals surface area contributed by atoms with E-state index in [-0.39, 0.29) is 12.0 Å². The minimum absolute atomic E-state index is 0.0330. The molecule has 182 valence electrons. The molecule has 10 nitrogen and oxygen atoms in total. The number of carbonyl (C=O) groups excluding carboxylic acids is 1. The van der Waals surface area contributed by atoms with E-state index in [4.69, 9.17) is 4.74 Å². The van der Waals surface area contributed by atoms with E-state index in [1.807, 2.05) is 41.3 Å². The van der Waals surface area contributed by atoms with Crippen molar-refractivity contribution in [2.45, 2.75) is 19.2 Å². The van der Waals surface area contributed by atoms with Crippen molar-refractivity contribution in [3.8, 4) is 11.1 Å². The highest BCUT2D eigenvalue weighted by Crippen LogP contribution is 2.25. The number of nitrogens with zero attached hydrogens (tertiary/aromatic N) is 5. The molecule has 6 rings (SSSR count). The lowest BCUT2D eigenvalue weighted by Crippen LogP contribution is -2.43. The summed E-state index contributed by atoms with van der Waals surface area (Å²) < 4.78 is 7.79. The van der Waals surface area contributed by atoms with E-state index < -0.39 is 0 Å². The quantitative estimate of drug-likeness (QED) is 0.328. The van der Waals surface area contributed by atoms with Gasteiger partial charge in [0.2, 0.25) is 0 Å². The average Bonchev–Trinajstić information content (AvgIpc) is 3.66. The number of H-pyrrole nitrogens is 2. The van der Waals surface area contributed by atoms with Crippen molar-refractivity contribution in [2.75, 3.05) is 25.0 Å². The van der Waals surface area contributed by atoms with Crippen LogP contribution in [0, 0.1) is 0 Å². The number of hydrogen-bond donors (Lipinski definition) is 3. The van der Waals surface area contributed by atoms with Crippen molar-refractivity contribution < 1.29 is 9.53 Å². The van der Waals surface area contributed by atoms with Gasteiger partial charge in [0.1, 0.15) is 0 Å². The van der Waals surface area contributed by atoms with Gasteiger partial charge in [-0.3, -0.25) is 24.6 Å². The largest absolute Gasteiger partial charge is 0.374 e. The van der Waals surface area contributed by atoms with Crippen LogP contribution in [0.15, 0.2) is 73.3 Å². The van der Waals surface area contributed by atoms with E-state index >= 15 is 0 Å². The maximum Gasteiger partial charge on any atom is 0.276 e. The number of anilines is 1. The molecule has 1 atom stereocenters. The zero-order chi connectivity index (χ0) is 24.3. The summed E-state index contributed by atoms with van der Waals surface area (Å²) in [5, 5.41) is 22.1. The van der Waals surface area contributed by atoms with Gasteiger partial charge in [0.05, 0.1) is 42.9 Å². The Hall–Kier alpha value is -4.28. The molecule has 0 spiro atoms. The first-order chi connectivity index (χ1) is 17.7. The minimum atomic E-state index is -0.292. The number of fused-ring (bicyclic) bond motifs is 1. The molecular weight excluding hydrogens is 456 g/mol. The smallest absolute Gasteiger partial charge is 0.276 e. The third-order valence-electron chi connectivity index (χ3n) is 6.36. The van der Waals surface area contributed by atoms with Crippen molar-refractivity contribution in [1.82, 2.24) is 35.1 Å². The van der Waals surface area contributed by atoms with Gasteiger partial charge in [-0.1, -0.05) is 36.4 Å². The predicted octanol–water partition coefficient (Wildman–Crippen LogP) is 3.30. The SMILES string of the molecule is O=C(Nc1cnn(CC2CN(Cc3ccccc3)CCO2)c1)c1n[nH]c2cc(-c3cn[nH]c3)ccc12. The third kappa shape index (κ3) is 4.77. The number of aromatic nitrogens is 6. The van der Waals surface area contributed by atoms with Gasteiger partial charge in [-0.05, 0) is 23.3 Å². The van der Waals surface area contributed by atoms with Crippen LogP contribution in [0.1, 0.15) is 16.1 Å². The molecule has 5 aromatic rings. The fourth-order valence-corrected chi connectivity index (χ4v) is 4.58. The van der Waals surface area contributed by atoms with Gasteiger partial charge >= 0.3 is 0 Å². The second kappa shape index (κ2) is 9.76. The Labute approximate surface area is 207 Å². The molecule has 3 aromatic heterocycles. The summed E-state index contributed by atoms with van der Waals surface area (Å²) in [5.41, 5.74) is 4.98. The minimum Gasteiger partial charge on any atom is -0.374 e. The lowest BCUT2D eigenvalue weighted by Gasteiger charge is -2.32. The van der Waals surface area contributed by atoms with Gasteiger partial charge in [-0.25, -0.2) is 0 Å². The molecule has 1 saturated heterocycles. The van der Waals surface area contributed by atoms with Crippen LogP contribution in [0.5, 0.6) is 0 Å². The van der Waals surface area contributed by atoms with Crippen molar-refractivity contribution in [1.29, 1.82) is 0 Å². The molecule has 0 saturated carbocycles. The lowest BCUT2D eigenvalue weighted by molar-refractivity contribution is -0.0402. The van der Waals surface area contributed by atoms with Crippen LogP contribution >= 0.6 is 0 Å². The van der Waals surface area contributed by atoms with Gasteiger partial charge in [0.15, 0.2) is 5.69 Å². The van der Waals surface area contributed by atoms with E-state index in [2.05, 4.69) is 60.0 Å². The number of aromatic amines is 2. The second-order valence-corrected chi connectivity index (χ2v) is 8.94. The van der Waals surface area contributed by atoms with Crippen molar-refractivity contribution >= 4 is 22.5 Å². The highest BCUT2D eigenvalue weighted by atomic mass is 16.5. The molecule has 4 heterocycles. The van der Waals surface area contributed by atoms with Crippen LogP contribution in [-0.4, -0.2) is 66.8 Å². The number of hydrogen-bond acceptors (Lipinski definition) is 6. The van der Waals surface area contributed by atoms with Crippen LogP contribution in [0.2, 0.25) is 0 Å². The van der Waals surface area contributed by atoms with Crippen molar-refractivity contribution in [2.24, 2.45) is 0 Å². The zero-order valence-corrected chi connectivity index (χ0v) is 19.6. The van der Waals surface area contributed by atoms with Crippen molar-refractivity contribution in [3.05, 3.63) is 84.6 Å². The van der Waals surface area contributed by atoms with Gasteiger partial charge in [-0.2, -0.15) is 15.3 Å². The summed E-state index contributed by atoms with van der Waals surface area (Å²) in [5.74, 6) is -0.292. The summed E-state index contributed by atoms with van der Waals surface area (Å²) in [6.45, 7) is 3.95. The number of amides is 1. The first-order valence-corrected chi connectivity index (χ1v) is 11.9. The molecule has 3 N–H and O–H groups in total. The summed E-state index contributed by atoms with van der Waals surface area (Å²) in [7, 11) is 0. The van der Waals surface area contributed by atoms with E-state index in [1.54, 1.807) is 12.4 Å². The van der Waals surface area contributed by atoms with Gasteiger partial charge < -0.3 is 10.1 Å². The molecule has 1 amide bonds. The van der Waals surface area contributed by atoms with Gasteiger partial charge in [0, 0.05) is 43.0 Å². The molecule has 36 heavy (non-hydrogen) atoms. The second-order valence-electron chi connectivity index (χ2n) is 8.94. The number of morpholine rings is 1. The molecule has 0 bridgehead atoms. The summed E-state index contributed by atoms with van der Waals surface area (Å²) in [4.78, 5) is 15.3. The van der Waals surface area contributed by atoms with Crippen LogP contribution in [-0.2, 0) is 17.8 Å². The molecule has 1 aliphatic heterocycles. The summed E-state index contributed by atoms with van der Waals surface area (Å²) >= 11 is 0. The van der Waals surface area contributed by atoms with E-state index in [0.717, 1.165) is 41.7 Å². The Morgan fingerprint density at radius 1 is 1.14 bits per heavy atom. The molecule has 0 aliphatic carbocycles. The van der Waals surface area contributed by atoms with E-state index in [0.29, 0.717) is 24.5 Å². The van der Waals surface area contributed by atoms with Crippen molar-refractivity contribution in [3.63, 3.8) is 0 Å². The lowest BCUT2D eigenvalue weighted by atomic mass is 10.1. The molecule has 0 radical (unpaired) electrons. The molecule has 1 unspecified atom stereocenters. The highest BCUT2D eigenvalue weighted by molar-refractivity contribution is 6.11. The normalized spacial score (nSPS) is 16.4. The standard InChI is InChI=1S/C26H26N8O2/c35-26(25-23-7-6-19(10-24(23)31-32-25)20-11-27-28-12-20)30-21-13-29-34(15-21)17-22-16-33(8-9-36-22)14-18-4-2-1-3-5-18/h1-7,10-13,15,22H,8-9,14,16-17H2,(H,27,28)(H,30,35)(H,31,32). The van der Waals surface area contributed by atoms with Gasteiger partial charge in [-0.15, -0.1) is 0 Å². The Morgan fingerprint density at radius 2 is 2.06 bits per heavy atom. The monoisotopic (exact) mass is 482 g/mol. The number of benzene rings is 2. The average molecular weight is 483 g/mol. The number of nitrogens with one attached hydrogen (secondary N) is 3. The van der Waals surface area contributed by atoms with Crippen LogP contribution in [0.3, 0.4) is 0 Å². The molecule has 10 heteroatoms. The molecule has 1 fully saturated rings. The Bertz CT molecular complexity index is 1460. The number of ether oxygens (including phenoxy) is 1. The summed E-state index contributed by atoms with van der Waals surface area (Å²) in [6, 6.07) is 16.3. The Morgan fingerprint density at radius 3 is 2.92 bits per heavy atom. The topological polar surface area (TPSA) is 117 Å².